The average Bonchev–Trinajstić information content (AvgIpc) is 3.04. The van der Waals surface area contributed by atoms with Gasteiger partial charge < -0.3 is 10.3 Å². The number of rotatable bonds is 3. The summed E-state index contributed by atoms with van der Waals surface area (Å²) in [6.45, 7) is 2.40. The fraction of sp³-hybridized carbons (Fsp3) is 0.500. The van der Waals surface area contributed by atoms with E-state index in [0.29, 0.717) is 23.3 Å². The van der Waals surface area contributed by atoms with Crippen LogP contribution in [0.3, 0.4) is 0 Å². The Balaban J connectivity index is 2.16. The largest absolute Gasteiger partial charge is 0.449 e. The standard InChI is InChI=1S/C14H16F3N3/c1-2-13(5-6-13)8-20-11-4-3-9(18)7-10(11)19-12(20)14(15,16)17/h3-4,7H,2,5-6,8,18H2,1H3. The molecule has 2 aromatic rings. The van der Waals surface area contributed by atoms with Crippen LogP contribution in [0.5, 0.6) is 0 Å². The molecule has 1 fully saturated rings. The van der Waals surface area contributed by atoms with E-state index in [1.165, 1.54) is 10.6 Å². The molecule has 1 aliphatic carbocycles. The lowest BCUT2D eigenvalue weighted by atomic mass is 10.0. The van der Waals surface area contributed by atoms with E-state index in [-0.39, 0.29) is 5.41 Å². The van der Waals surface area contributed by atoms with Gasteiger partial charge in [0.05, 0.1) is 11.0 Å². The molecule has 1 heterocycles. The SMILES string of the molecule is CCC1(Cn2c(C(F)(F)F)nc3cc(N)ccc32)CC1. The van der Waals surface area contributed by atoms with Crippen molar-refractivity contribution in [1.29, 1.82) is 0 Å². The molecule has 0 atom stereocenters. The Labute approximate surface area is 114 Å². The highest BCUT2D eigenvalue weighted by Crippen LogP contribution is 2.51. The Bertz CT molecular complexity index is 653. The number of benzene rings is 1. The smallest absolute Gasteiger partial charge is 0.399 e. The number of nitrogens with zero attached hydrogens (tertiary/aromatic N) is 2. The van der Waals surface area contributed by atoms with Gasteiger partial charge in [0.15, 0.2) is 0 Å². The summed E-state index contributed by atoms with van der Waals surface area (Å²) in [6, 6.07) is 4.73. The highest BCUT2D eigenvalue weighted by molar-refractivity contribution is 5.79. The number of anilines is 1. The second-order valence-corrected chi connectivity index (χ2v) is 5.62. The Kier molecular flexibility index (Phi) is 2.74. The highest BCUT2D eigenvalue weighted by Gasteiger charge is 2.44. The molecule has 3 nitrogen and oxygen atoms in total. The molecule has 0 aliphatic heterocycles. The van der Waals surface area contributed by atoms with E-state index in [1.54, 1.807) is 12.1 Å². The highest BCUT2D eigenvalue weighted by atomic mass is 19.4. The number of hydrogen-bond acceptors (Lipinski definition) is 2. The van der Waals surface area contributed by atoms with Crippen molar-refractivity contribution < 1.29 is 13.2 Å². The van der Waals surface area contributed by atoms with E-state index in [2.05, 4.69) is 4.98 Å². The van der Waals surface area contributed by atoms with Gasteiger partial charge in [-0.1, -0.05) is 6.92 Å². The van der Waals surface area contributed by atoms with Crippen LogP contribution in [0.25, 0.3) is 11.0 Å². The molecule has 0 saturated heterocycles. The van der Waals surface area contributed by atoms with E-state index in [4.69, 9.17) is 5.73 Å². The molecule has 0 unspecified atom stereocenters. The summed E-state index contributed by atoms with van der Waals surface area (Å²) in [6.07, 6.45) is -1.60. The number of nitrogen functional groups attached to an aromatic ring is 1. The van der Waals surface area contributed by atoms with E-state index >= 15 is 0 Å². The van der Waals surface area contributed by atoms with Crippen LogP contribution in [0.4, 0.5) is 18.9 Å². The van der Waals surface area contributed by atoms with E-state index in [9.17, 15) is 13.2 Å². The maximum Gasteiger partial charge on any atom is 0.449 e. The molecule has 1 aromatic carbocycles. The number of halogens is 3. The van der Waals surface area contributed by atoms with Gasteiger partial charge in [-0.3, -0.25) is 0 Å². The van der Waals surface area contributed by atoms with E-state index < -0.39 is 12.0 Å². The van der Waals surface area contributed by atoms with Crippen LogP contribution in [-0.4, -0.2) is 9.55 Å². The monoisotopic (exact) mass is 283 g/mol. The predicted molar refractivity (Wildman–Crippen MR) is 71.1 cm³/mol. The van der Waals surface area contributed by atoms with Crippen molar-refractivity contribution in [3.63, 3.8) is 0 Å². The number of nitrogens with two attached hydrogens (primary N) is 1. The second-order valence-electron chi connectivity index (χ2n) is 5.62. The number of fused-ring (bicyclic) bond motifs is 1. The molecule has 108 valence electrons. The number of imidazole rings is 1. The first-order chi connectivity index (χ1) is 9.35. The summed E-state index contributed by atoms with van der Waals surface area (Å²) >= 11 is 0. The van der Waals surface area contributed by atoms with Crippen molar-refractivity contribution in [2.75, 3.05) is 5.73 Å². The maximum absolute atomic E-state index is 13.2. The van der Waals surface area contributed by atoms with E-state index in [0.717, 1.165) is 19.3 Å². The van der Waals surface area contributed by atoms with E-state index in [1.807, 2.05) is 6.92 Å². The molecule has 0 spiro atoms. The third-order valence-electron chi connectivity index (χ3n) is 4.23. The molecular formula is C14H16F3N3. The summed E-state index contributed by atoms with van der Waals surface area (Å²) in [4.78, 5) is 3.75. The van der Waals surface area contributed by atoms with Crippen molar-refractivity contribution in [2.24, 2.45) is 5.41 Å². The molecule has 0 amide bonds. The molecule has 1 aromatic heterocycles. The van der Waals surface area contributed by atoms with Crippen molar-refractivity contribution in [2.45, 2.75) is 38.9 Å². The zero-order valence-electron chi connectivity index (χ0n) is 11.2. The summed E-state index contributed by atoms with van der Waals surface area (Å²) in [7, 11) is 0. The summed E-state index contributed by atoms with van der Waals surface area (Å²) in [5, 5.41) is 0. The summed E-state index contributed by atoms with van der Waals surface area (Å²) in [5.41, 5.74) is 6.88. The quantitative estimate of drug-likeness (QED) is 0.870. The van der Waals surface area contributed by atoms with Crippen LogP contribution in [0, 0.1) is 5.41 Å². The lowest BCUT2D eigenvalue weighted by Gasteiger charge is -2.17. The van der Waals surface area contributed by atoms with Crippen LogP contribution in [0.2, 0.25) is 0 Å². The summed E-state index contributed by atoms with van der Waals surface area (Å²) < 4.78 is 40.8. The maximum atomic E-state index is 13.2. The number of hydrogen-bond donors (Lipinski definition) is 1. The van der Waals surface area contributed by atoms with Crippen LogP contribution in [-0.2, 0) is 12.7 Å². The second kappa shape index (κ2) is 4.14. The number of alkyl halides is 3. The lowest BCUT2D eigenvalue weighted by Crippen LogP contribution is -2.19. The molecular weight excluding hydrogens is 267 g/mol. The van der Waals surface area contributed by atoms with Crippen molar-refractivity contribution in [1.82, 2.24) is 9.55 Å². The van der Waals surface area contributed by atoms with Crippen molar-refractivity contribution in [3.05, 3.63) is 24.0 Å². The fourth-order valence-corrected chi connectivity index (χ4v) is 2.66. The van der Waals surface area contributed by atoms with Gasteiger partial charge in [0.2, 0.25) is 5.82 Å². The molecule has 3 rings (SSSR count). The molecule has 0 bridgehead atoms. The third kappa shape index (κ3) is 2.13. The van der Waals surface area contributed by atoms with Crippen LogP contribution in [0.15, 0.2) is 18.2 Å². The zero-order valence-corrected chi connectivity index (χ0v) is 11.2. The van der Waals surface area contributed by atoms with Gasteiger partial charge >= 0.3 is 6.18 Å². The Morgan fingerprint density at radius 3 is 2.60 bits per heavy atom. The van der Waals surface area contributed by atoms with Gasteiger partial charge in [-0.2, -0.15) is 13.2 Å². The van der Waals surface area contributed by atoms with Gasteiger partial charge in [0, 0.05) is 12.2 Å². The van der Waals surface area contributed by atoms with Crippen LogP contribution in [0.1, 0.15) is 32.0 Å². The third-order valence-corrected chi connectivity index (χ3v) is 4.23. The van der Waals surface area contributed by atoms with Gasteiger partial charge in [-0.15, -0.1) is 0 Å². The first-order valence-corrected chi connectivity index (χ1v) is 6.68. The average molecular weight is 283 g/mol. The minimum atomic E-state index is -4.45. The zero-order chi connectivity index (χ0) is 14.5. The minimum Gasteiger partial charge on any atom is -0.399 e. The van der Waals surface area contributed by atoms with Crippen molar-refractivity contribution in [3.8, 4) is 0 Å². The Hall–Kier alpha value is -1.72. The van der Waals surface area contributed by atoms with Crippen molar-refractivity contribution >= 4 is 16.7 Å². The first kappa shape index (κ1) is 13.3. The Morgan fingerprint density at radius 1 is 1.35 bits per heavy atom. The Morgan fingerprint density at radius 2 is 2.05 bits per heavy atom. The molecule has 0 radical (unpaired) electrons. The van der Waals surface area contributed by atoms with Gasteiger partial charge in [-0.05, 0) is 42.9 Å². The first-order valence-electron chi connectivity index (χ1n) is 6.68. The minimum absolute atomic E-state index is 0.00894. The molecule has 1 aliphatic rings. The molecule has 1 saturated carbocycles. The van der Waals surface area contributed by atoms with Gasteiger partial charge in [0.1, 0.15) is 0 Å². The summed E-state index contributed by atoms with van der Waals surface area (Å²) in [5.74, 6) is -0.821. The number of aromatic nitrogens is 2. The fourth-order valence-electron chi connectivity index (χ4n) is 2.66. The van der Waals surface area contributed by atoms with Crippen LogP contribution >= 0.6 is 0 Å². The van der Waals surface area contributed by atoms with Crippen LogP contribution < -0.4 is 5.73 Å². The van der Waals surface area contributed by atoms with Gasteiger partial charge in [0.25, 0.3) is 0 Å². The van der Waals surface area contributed by atoms with Gasteiger partial charge in [-0.25, -0.2) is 4.98 Å². The molecule has 6 heteroatoms. The predicted octanol–water partition coefficient (Wildman–Crippen LogP) is 3.83. The lowest BCUT2D eigenvalue weighted by molar-refractivity contribution is -0.147. The normalized spacial score (nSPS) is 17.6. The topological polar surface area (TPSA) is 43.8 Å². The molecule has 20 heavy (non-hydrogen) atoms. The molecule has 2 N–H and O–H groups in total.